The molecule has 4 rings (SSSR count). The highest BCUT2D eigenvalue weighted by molar-refractivity contribution is 6.03. The standard InChI is InChI=1S/C24H27N5O2/c1-14(2)20-5-4-18(8-15(20)3)29-24(31)21-9-16(6-7-26-21)17-10-22(23(30)27-11-17)28-19-12-25-13-19/h4-11,14,19,25,28H,12-13H2,1-3H3,(H,27,30)(H,29,31). The predicted molar refractivity (Wildman–Crippen MR) is 124 cm³/mol. The van der Waals surface area contributed by atoms with Gasteiger partial charge in [0.2, 0.25) is 0 Å². The Bertz CT molecular complexity index is 1160. The summed E-state index contributed by atoms with van der Waals surface area (Å²) in [6.45, 7) is 8.01. The zero-order valence-corrected chi connectivity index (χ0v) is 18.0. The largest absolute Gasteiger partial charge is 0.375 e. The number of benzene rings is 1. The summed E-state index contributed by atoms with van der Waals surface area (Å²) >= 11 is 0. The van der Waals surface area contributed by atoms with Crippen LogP contribution in [0.2, 0.25) is 0 Å². The Labute approximate surface area is 181 Å². The van der Waals surface area contributed by atoms with Gasteiger partial charge in [-0.2, -0.15) is 0 Å². The molecular weight excluding hydrogens is 390 g/mol. The van der Waals surface area contributed by atoms with E-state index >= 15 is 0 Å². The Balaban J connectivity index is 1.54. The molecule has 7 nitrogen and oxygen atoms in total. The van der Waals surface area contributed by atoms with Crippen molar-refractivity contribution >= 4 is 17.3 Å². The minimum atomic E-state index is -0.276. The molecule has 0 saturated carbocycles. The summed E-state index contributed by atoms with van der Waals surface area (Å²) in [6.07, 6.45) is 3.25. The third-order valence-corrected chi connectivity index (χ3v) is 5.52. The molecule has 0 bridgehead atoms. The van der Waals surface area contributed by atoms with Crippen LogP contribution in [0.1, 0.15) is 41.4 Å². The number of anilines is 2. The molecule has 1 saturated heterocycles. The van der Waals surface area contributed by atoms with Gasteiger partial charge in [0.25, 0.3) is 11.5 Å². The maximum absolute atomic E-state index is 12.8. The molecule has 1 amide bonds. The van der Waals surface area contributed by atoms with Crippen molar-refractivity contribution in [2.45, 2.75) is 32.7 Å². The first-order valence-electron chi connectivity index (χ1n) is 10.5. The summed E-state index contributed by atoms with van der Waals surface area (Å²) < 4.78 is 0. The van der Waals surface area contributed by atoms with E-state index < -0.39 is 0 Å². The summed E-state index contributed by atoms with van der Waals surface area (Å²) in [5, 5.41) is 9.34. The van der Waals surface area contributed by atoms with Gasteiger partial charge in [-0.3, -0.25) is 14.6 Å². The Kier molecular flexibility index (Phi) is 5.86. The number of aromatic amines is 1. The van der Waals surface area contributed by atoms with Gasteiger partial charge in [-0.1, -0.05) is 19.9 Å². The van der Waals surface area contributed by atoms with Crippen LogP contribution in [0.25, 0.3) is 11.1 Å². The van der Waals surface area contributed by atoms with Gasteiger partial charge in [-0.25, -0.2) is 0 Å². The van der Waals surface area contributed by atoms with E-state index in [1.807, 2.05) is 37.3 Å². The van der Waals surface area contributed by atoms with E-state index in [2.05, 4.69) is 39.8 Å². The summed E-state index contributed by atoms with van der Waals surface area (Å²) in [6, 6.07) is 11.5. The van der Waals surface area contributed by atoms with E-state index in [9.17, 15) is 9.59 Å². The van der Waals surface area contributed by atoms with Crippen molar-refractivity contribution in [3.05, 3.63) is 76.0 Å². The number of carbonyl (C=O) groups excluding carboxylic acids is 1. The second kappa shape index (κ2) is 8.73. The molecule has 0 spiro atoms. The van der Waals surface area contributed by atoms with Gasteiger partial charge >= 0.3 is 0 Å². The zero-order chi connectivity index (χ0) is 22.0. The Morgan fingerprint density at radius 1 is 1.13 bits per heavy atom. The van der Waals surface area contributed by atoms with Gasteiger partial charge in [-0.05, 0) is 59.9 Å². The second-order valence-electron chi connectivity index (χ2n) is 8.24. The fraction of sp³-hybridized carbons (Fsp3) is 0.292. The molecule has 1 aromatic carbocycles. The molecule has 2 aromatic heterocycles. The van der Waals surface area contributed by atoms with Gasteiger partial charge in [0.05, 0.1) is 6.04 Å². The first kappa shape index (κ1) is 20.8. The number of amides is 1. The van der Waals surface area contributed by atoms with Crippen LogP contribution in [-0.4, -0.2) is 35.0 Å². The van der Waals surface area contributed by atoms with Gasteiger partial charge in [0.1, 0.15) is 11.4 Å². The van der Waals surface area contributed by atoms with Crippen molar-refractivity contribution < 1.29 is 4.79 Å². The smallest absolute Gasteiger partial charge is 0.274 e. The van der Waals surface area contributed by atoms with Crippen LogP contribution in [0.3, 0.4) is 0 Å². The molecule has 1 aliphatic rings. The molecule has 3 aromatic rings. The van der Waals surface area contributed by atoms with Crippen LogP contribution in [-0.2, 0) is 0 Å². The predicted octanol–water partition coefficient (Wildman–Crippen LogP) is 3.50. The summed E-state index contributed by atoms with van der Waals surface area (Å²) in [7, 11) is 0. The zero-order valence-electron chi connectivity index (χ0n) is 18.0. The summed E-state index contributed by atoms with van der Waals surface area (Å²) in [5.74, 6) is 0.155. The molecule has 0 radical (unpaired) electrons. The van der Waals surface area contributed by atoms with Crippen LogP contribution in [0.15, 0.2) is 53.6 Å². The summed E-state index contributed by atoms with van der Waals surface area (Å²) in [5.41, 5.74) is 5.43. The number of aromatic nitrogens is 2. The van der Waals surface area contributed by atoms with E-state index in [4.69, 9.17) is 0 Å². The molecular formula is C24H27N5O2. The first-order valence-corrected chi connectivity index (χ1v) is 10.5. The molecule has 3 heterocycles. The maximum atomic E-state index is 12.8. The number of hydrogen-bond acceptors (Lipinski definition) is 5. The van der Waals surface area contributed by atoms with Crippen molar-refractivity contribution in [2.75, 3.05) is 23.7 Å². The van der Waals surface area contributed by atoms with E-state index in [0.717, 1.165) is 35.5 Å². The summed E-state index contributed by atoms with van der Waals surface area (Å²) in [4.78, 5) is 31.9. The monoisotopic (exact) mass is 417 g/mol. The van der Waals surface area contributed by atoms with Crippen LogP contribution >= 0.6 is 0 Å². The topological polar surface area (TPSA) is 98.9 Å². The van der Waals surface area contributed by atoms with Crippen molar-refractivity contribution in [2.24, 2.45) is 0 Å². The highest BCUT2D eigenvalue weighted by Crippen LogP contribution is 2.24. The van der Waals surface area contributed by atoms with Crippen LogP contribution < -0.4 is 21.5 Å². The van der Waals surface area contributed by atoms with Crippen LogP contribution in [0.4, 0.5) is 11.4 Å². The SMILES string of the molecule is Cc1cc(NC(=O)c2cc(-c3c[nH]c(=O)c(NC4CNC4)c3)ccn2)ccc1C(C)C. The lowest BCUT2D eigenvalue weighted by Gasteiger charge is -2.28. The lowest BCUT2D eigenvalue weighted by Crippen LogP contribution is -2.52. The number of nitrogens with one attached hydrogen (secondary N) is 4. The molecule has 0 atom stereocenters. The fourth-order valence-electron chi connectivity index (χ4n) is 3.70. The molecule has 0 aliphatic carbocycles. The highest BCUT2D eigenvalue weighted by atomic mass is 16.2. The minimum absolute atomic E-state index is 0.164. The Morgan fingerprint density at radius 2 is 1.94 bits per heavy atom. The molecule has 0 unspecified atom stereocenters. The van der Waals surface area contributed by atoms with Crippen LogP contribution in [0, 0.1) is 6.92 Å². The fourth-order valence-corrected chi connectivity index (χ4v) is 3.70. The minimum Gasteiger partial charge on any atom is -0.375 e. The third kappa shape index (κ3) is 4.67. The number of aryl methyl sites for hydroxylation is 1. The number of H-pyrrole nitrogens is 1. The van der Waals surface area contributed by atoms with Crippen molar-refractivity contribution in [1.29, 1.82) is 0 Å². The van der Waals surface area contributed by atoms with E-state index in [-0.39, 0.29) is 17.5 Å². The van der Waals surface area contributed by atoms with Crippen molar-refractivity contribution in [3.8, 4) is 11.1 Å². The average molecular weight is 418 g/mol. The number of pyridine rings is 2. The maximum Gasteiger partial charge on any atom is 0.274 e. The van der Waals surface area contributed by atoms with E-state index in [0.29, 0.717) is 17.3 Å². The average Bonchev–Trinajstić information content (AvgIpc) is 2.71. The van der Waals surface area contributed by atoms with Gasteiger partial charge in [-0.15, -0.1) is 0 Å². The Morgan fingerprint density at radius 3 is 2.61 bits per heavy atom. The number of carbonyl (C=O) groups is 1. The second-order valence-corrected chi connectivity index (χ2v) is 8.24. The number of nitrogens with zero attached hydrogens (tertiary/aromatic N) is 1. The quantitative estimate of drug-likeness (QED) is 0.492. The number of hydrogen-bond donors (Lipinski definition) is 4. The normalized spacial score (nSPS) is 13.7. The first-order chi connectivity index (χ1) is 14.9. The molecule has 1 aliphatic heterocycles. The van der Waals surface area contributed by atoms with Gasteiger partial charge < -0.3 is 20.9 Å². The third-order valence-electron chi connectivity index (χ3n) is 5.52. The lowest BCUT2D eigenvalue weighted by atomic mass is 9.97. The van der Waals surface area contributed by atoms with Crippen molar-refractivity contribution in [3.63, 3.8) is 0 Å². The van der Waals surface area contributed by atoms with E-state index in [1.165, 1.54) is 5.56 Å². The lowest BCUT2D eigenvalue weighted by molar-refractivity contribution is 0.102. The number of rotatable bonds is 6. The molecule has 31 heavy (non-hydrogen) atoms. The van der Waals surface area contributed by atoms with Crippen molar-refractivity contribution in [1.82, 2.24) is 15.3 Å². The molecule has 160 valence electrons. The molecule has 7 heteroatoms. The molecule has 4 N–H and O–H groups in total. The van der Waals surface area contributed by atoms with Gasteiger partial charge in [0, 0.05) is 36.7 Å². The Hall–Kier alpha value is -3.45. The van der Waals surface area contributed by atoms with Gasteiger partial charge in [0.15, 0.2) is 0 Å². The van der Waals surface area contributed by atoms with E-state index in [1.54, 1.807) is 18.5 Å². The highest BCUT2D eigenvalue weighted by Gasteiger charge is 2.18. The molecule has 1 fully saturated rings. The van der Waals surface area contributed by atoms with Crippen LogP contribution in [0.5, 0.6) is 0 Å².